The lowest BCUT2D eigenvalue weighted by Crippen LogP contribution is -2.27. The summed E-state index contributed by atoms with van der Waals surface area (Å²) in [6.45, 7) is 4.25. The van der Waals surface area contributed by atoms with Crippen molar-refractivity contribution in [2.24, 2.45) is 18.9 Å². The Kier molecular flexibility index (Phi) is 5.87. The van der Waals surface area contributed by atoms with E-state index in [-0.39, 0.29) is 5.91 Å². The maximum atomic E-state index is 12.4. The zero-order valence-electron chi connectivity index (χ0n) is 15.1. The number of amides is 1. The third-order valence-corrected chi connectivity index (χ3v) is 5.70. The standard InChI is InChI=1S/C18H31N5O/c1-13(14-6-4-3-5-7-14)12-16(24)20-18-21-17(22-23(18)2)15-8-10-19-11-9-15/h13-15,19H,3-12H2,1-2H3,(H,20,21,22,24). The van der Waals surface area contributed by atoms with E-state index in [4.69, 9.17) is 0 Å². The molecule has 2 N–H and O–H groups in total. The van der Waals surface area contributed by atoms with Gasteiger partial charge in [0.05, 0.1) is 0 Å². The van der Waals surface area contributed by atoms with E-state index in [9.17, 15) is 4.79 Å². The van der Waals surface area contributed by atoms with Gasteiger partial charge in [0.25, 0.3) is 0 Å². The van der Waals surface area contributed by atoms with E-state index in [1.807, 2.05) is 7.05 Å². The number of carbonyl (C=O) groups excluding carboxylic acids is 1. The molecule has 6 nitrogen and oxygen atoms in total. The predicted octanol–water partition coefficient (Wildman–Crippen LogP) is 2.83. The van der Waals surface area contributed by atoms with Crippen molar-refractivity contribution in [2.75, 3.05) is 18.4 Å². The van der Waals surface area contributed by atoms with Gasteiger partial charge in [0, 0.05) is 19.4 Å². The fraction of sp³-hybridized carbons (Fsp3) is 0.833. The van der Waals surface area contributed by atoms with Gasteiger partial charge in [-0.15, -0.1) is 0 Å². The Balaban J connectivity index is 1.54. The Morgan fingerprint density at radius 1 is 1.25 bits per heavy atom. The van der Waals surface area contributed by atoms with E-state index in [1.54, 1.807) is 4.68 Å². The topological polar surface area (TPSA) is 71.8 Å². The number of hydrogen-bond acceptors (Lipinski definition) is 4. The van der Waals surface area contributed by atoms with Crippen LogP contribution in [0.5, 0.6) is 0 Å². The Labute approximate surface area is 144 Å². The maximum absolute atomic E-state index is 12.4. The van der Waals surface area contributed by atoms with Crippen LogP contribution in [0.2, 0.25) is 0 Å². The fourth-order valence-electron chi connectivity index (χ4n) is 4.10. The highest BCUT2D eigenvalue weighted by molar-refractivity contribution is 5.89. The molecule has 6 heteroatoms. The van der Waals surface area contributed by atoms with Gasteiger partial charge in [-0.25, -0.2) is 4.68 Å². The van der Waals surface area contributed by atoms with Crippen LogP contribution in [0.25, 0.3) is 0 Å². The normalized spacial score (nSPS) is 21.6. The van der Waals surface area contributed by atoms with Crippen molar-refractivity contribution in [3.63, 3.8) is 0 Å². The largest absolute Gasteiger partial charge is 0.317 e. The summed E-state index contributed by atoms with van der Waals surface area (Å²) in [6, 6.07) is 0. The number of hydrogen-bond donors (Lipinski definition) is 2. The van der Waals surface area contributed by atoms with E-state index >= 15 is 0 Å². The summed E-state index contributed by atoms with van der Waals surface area (Å²) >= 11 is 0. The second kappa shape index (κ2) is 8.10. The Hall–Kier alpha value is -1.43. The Bertz CT molecular complexity index is 544. The van der Waals surface area contributed by atoms with Crippen LogP contribution in [0.15, 0.2) is 0 Å². The Morgan fingerprint density at radius 2 is 1.96 bits per heavy atom. The predicted molar refractivity (Wildman–Crippen MR) is 94.8 cm³/mol. The average Bonchev–Trinajstić information content (AvgIpc) is 2.97. The first-order chi connectivity index (χ1) is 11.6. The molecule has 1 aromatic rings. The number of nitrogens with zero attached hydrogens (tertiary/aromatic N) is 3. The molecule has 3 rings (SSSR count). The molecule has 0 aromatic carbocycles. The van der Waals surface area contributed by atoms with Gasteiger partial charge in [-0.05, 0) is 37.8 Å². The van der Waals surface area contributed by atoms with Crippen molar-refractivity contribution >= 4 is 11.9 Å². The second-order valence-corrected chi connectivity index (χ2v) is 7.57. The summed E-state index contributed by atoms with van der Waals surface area (Å²) in [6.07, 6.45) is 9.26. The van der Waals surface area contributed by atoms with Gasteiger partial charge < -0.3 is 5.32 Å². The number of aryl methyl sites for hydroxylation is 1. The number of anilines is 1. The third-order valence-electron chi connectivity index (χ3n) is 5.70. The first-order valence-corrected chi connectivity index (χ1v) is 9.55. The van der Waals surface area contributed by atoms with Gasteiger partial charge in [-0.1, -0.05) is 39.0 Å². The van der Waals surface area contributed by atoms with Crippen molar-refractivity contribution < 1.29 is 4.79 Å². The molecule has 0 radical (unpaired) electrons. The second-order valence-electron chi connectivity index (χ2n) is 7.57. The maximum Gasteiger partial charge on any atom is 0.227 e. The summed E-state index contributed by atoms with van der Waals surface area (Å²) in [5.41, 5.74) is 0. The molecular formula is C18H31N5O. The van der Waals surface area contributed by atoms with Crippen LogP contribution in [0.4, 0.5) is 5.95 Å². The van der Waals surface area contributed by atoms with Crippen LogP contribution in [0.1, 0.15) is 70.0 Å². The third kappa shape index (κ3) is 4.35. The molecule has 0 bridgehead atoms. The molecule has 1 aromatic heterocycles. The van der Waals surface area contributed by atoms with Crippen molar-refractivity contribution in [1.82, 2.24) is 20.1 Å². The molecule has 0 spiro atoms. The number of nitrogens with one attached hydrogen (secondary N) is 2. The highest BCUT2D eigenvalue weighted by Crippen LogP contribution is 2.31. The number of piperidine rings is 1. The Morgan fingerprint density at radius 3 is 2.67 bits per heavy atom. The highest BCUT2D eigenvalue weighted by Gasteiger charge is 2.24. The van der Waals surface area contributed by atoms with E-state index in [0.717, 1.165) is 31.8 Å². The minimum Gasteiger partial charge on any atom is -0.317 e. The van der Waals surface area contributed by atoms with E-state index < -0.39 is 0 Å². The lowest BCUT2D eigenvalue weighted by Gasteiger charge is -2.27. The molecule has 1 saturated carbocycles. The van der Waals surface area contributed by atoms with Gasteiger partial charge in [0.2, 0.25) is 11.9 Å². The molecular weight excluding hydrogens is 302 g/mol. The summed E-state index contributed by atoms with van der Waals surface area (Å²) in [4.78, 5) is 17.0. The van der Waals surface area contributed by atoms with Crippen molar-refractivity contribution in [3.05, 3.63) is 5.82 Å². The van der Waals surface area contributed by atoms with Crippen LogP contribution in [-0.4, -0.2) is 33.8 Å². The fourth-order valence-corrected chi connectivity index (χ4v) is 4.10. The van der Waals surface area contributed by atoms with Crippen LogP contribution in [-0.2, 0) is 11.8 Å². The smallest absolute Gasteiger partial charge is 0.227 e. The van der Waals surface area contributed by atoms with Gasteiger partial charge in [0.15, 0.2) is 5.82 Å². The summed E-state index contributed by atoms with van der Waals surface area (Å²) in [7, 11) is 1.86. The van der Waals surface area contributed by atoms with E-state index in [1.165, 1.54) is 32.1 Å². The molecule has 1 aliphatic carbocycles. The molecule has 24 heavy (non-hydrogen) atoms. The quantitative estimate of drug-likeness (QED) is 0.869. The van der Waals surface area contributed by atoms with Gasteiger partial charge in [-0.2, -0.15) is 10.1 Å². The van der Waals surface area contributed by atoms with Crippen LogP contribution < -0.4 is 10.6 Å². The highest BCUT2D eigenvalue weighted by atomic mass is 16.1. The minimum absolute atomic E-state index is 0.0698. The molecule has 1 saturated heterocycles. The van der Waals surface area contributed by atoms with Crippen LogP contribution >= 0.6 is 0 Å². The molecule has 134 valence electrons. The van der Waals surface area contributed by atoms with Crippen molar-refractivity contribution in [1.29, 1.82) is 0 Å². The zero-order chi connectivity index (χ0) is 16.9. The SMILES string of the molecule is CC(CC(=O)Nc1nc(C2CCNCC2)nn1C)C1CCCCC1. The van der Waals surface area contributed by atoms with E-state index in [0.29, 0.717) is 30.1 Å². The first-order valence-electron chi connectivity index (χ1n) is 9.55. The molecule has 1 amide bonds. The van der Waals surface area contributed by atoms with Gasteiger partial charge in [0.1, 0.15) is 0 Å². The molecule has 2 heterocycles. The summed E-state index contributed by atoms with van der Waals surface area (Å²) in [5.74, 6) is 3.08. The number of carbonyl (C=O) groups is 1. The minimum atomic E-state index is 0.0698. The first kappa shape index (κ1) is 17.4. The zero-order valence-corrected chi connectivity index (χ0v) is 15.1. The summed E-state index contributed by atoms with van der Waals surface area (Å²) in [5, 5.41) is 10.9. The molecule has 1 unspecified atom stereocenters. The lowest BCUT2D eigenvalue weighted by molar-refractivity contribution is -0.117. The molecule has 2 fully saturated rings. The van der Waals surface area contributed by atoms with Crippen LogP contribution in [0.3, 0.4) is 0 Å². The molecule has 1 atom stereocenters. The number of aromatic nitrogens is 3. The monoisotopic (exact) mass is 333 g/mol. The van der Waals surface area contributed by atoms with Crippen LogP contribution in [0, 0.1) is 11.8 Å². The molecule has 1 aliphatic heterocycles. The van der Waals surface area contributed by atoms with E-state index in [2.05, 4.69) is 27.6 Å². The van der Waals surface area contributed by atoms with Gasteiger partial charge in [-0.3, -0.25) is 10.1 Å². The lowest BCUT2D eigenvalue weighted by atomic mass is 9.79. The van der Waals surface area contributed by atoms with Gasteiger partial charge >= 0.3 is 0 Å². The van der Waals surface area contributed by atoms with Crippen molar-refractivity contribution in [2.45, 2.75) is 64.2 Å². The van der Waals surface area contributed by atoms with Crippen molar-refractivity contribution in [3.8, 4) is 0 Å². The summed E-state index contributed by atoms with van der Waals surface area (Å²) < 4.78 is 1.71. The average molecular weight is 333 g/mol. The molecule has 2 aliphatic rings. The number of rotatable bonds is 5.